The molecule has 5 heteroatoms. The molecule has 0 radical (unpaired) electrons. The monoisotopic (exact) mass is 262 g/mol. The lowest BCUT2D eigenvalue weighted by atomic mass is 9.96. The topological polar surface area (TPSA) is 93.3 Å². The smallest absolute Gasteiger partial charge is 0.216 e. The molecule has 2 atom stereocenters. The number of nitrogens with zero attached hydrogens (tertiary/aromatic N) is 1. The standard InChI is InChI=1S/C14H18N2O3/c1-9-3-4-11(8-15)12(7-9)14(19)13(18)5-6-16-10(2)17/h3-4,7,13-14,18-19H,5-6H2,1-2H3,(H,16,17). The minimum Gasteiger partial charge on any atom is -0.390 e. The van der Waals surface area contributed by atoms with Gasteiger partial charge in [-0.1, -0.05) is 17.7 Å². The number of nitrogens with one attached hydrogen (secondary N) is 1. The summed E-state index contributed by atoms with van der Waals surface area (Å²) in [6.45, 7) is 3.51. The molecule has 0 bridgehead atoms. The second-order valence-corrected chi connectivity index (χ2v) is 4.49. The fourth-order valence-corrected chi connectivity index (χ4v) is 1.79. The molecule has 19 heavy (non-hydrogen) atoms. The van der Waals surface area contributed by atoms with Gasteiger partial charge in [0.05, 0.1) is 17.7 Å². The molecule has 1 aromatic carbocycles. The van der Waals surface area contributed by atoms with E-state index in [2.05, 4.69) is 5.32 Å². The lowest BCUT2D eigenvalue weighted by molar-refractivity contribution is -0.119. The van der Waals surface area contributed by atoms with Crippen LogP contribution in [-0.2, 0) is 4.79 Å². The van der Waals surface area contributed by atoms with Gasteiger partial charge in [0.25, 0.3) is 0 Å². The van der Waals surface area contributed by atoms with Crippen LogP contribution < -0.4 is 5.32 Å². The Hall–Kier alpha value is -1.90. The number of aliphatic hydroxyl groups is 2. The number of carbonyl (C=O) groups is 1. The van der Waals surface area contributed by atoms with Gasteiger partial charge >= 0.3 is 0 Å². The first kappa shape index (κ1) is 15.2. The first-order valence-electron chi connectivity index (χ1n) is 6.07. The van der Waals surface area contributed by atoms with Crippen molar-refractivity contribution in [1.82, 2.24) is 5.32 Å². The summed E-state index contributed by atoms with van der Waals surface area (Å²) in [7, 11) is 0. The Morgan fingerprint density at radius 2 is 2.16 bits per heavy atom. The van der Waals surface area contributed by atoms with Crippen molar-refractivity contribution >= 4 is 5.91 Å². The van der Waals surface area contributed by atoms with Crippen LogP contribution in [0.15, 0.2) is 18.2 Å². The van der Waals surface area contributed by atoms with Gasteiger partial charge in [-0.3, -0.25) is 4.79 Å². The van der Waals surface area contributed by atoms with Gasteiger partial charge in [0.1, 0.15) is 6.10 Å². The largest absolute Gasteiger partial charge is 0.390 e. The molecule has 0 aliphatic heterocycles. The van der Waals surface area contributed by atoms with Gasteiger partial charge in [0, 0.05) is 19.0 Å². The maximum absolute atomic E-state index is 10.7. The van der Waals surface area contributed by atoms with Crippen LogP contribution in [-0.4, -0.2) is 28.8 Å². The highest BCUT2D eigenvalue weighted by Gasteiger charge is 2.21. The molecule has 0 aliphatic carbocycles. The number of nitriles is 1. The van der Waals surface area contributed by atoms with Crippen LogP contribution in [0, 0.1) is 18.3 Å². The van der Waals surface area contributed by atoms with E-state index in [1.165, 1.54) is 6.92 Å². The average Bonchev–Trinajstić information content (AvgIpc) is 2.37. The van der Waals surface area contributed by atoms with Gasteiger partial charge in [-0.2, -0.15) is 5.26 Å². The fourth-order valence-electron chi connectivity index (χ4n) is 1.79. The first-order chi connectivity index (χ1) is 8.95. The molecule has 0 aliphatic rings. The molecule has 3 N–H and O–H groups in total. The van der Waals surface area contributed by atoms with E-state index >= 15 is 0 Å². The number of amides is 1. The molecule has 102 valence electrons. The molecular formula is C14H18N2O3. The summed E-state index contributed by atoms with van der Waals surface area (Å²) in [4.78, 5) is 10.7. The summed E-state index contributed by atoms with van der Waals surface area (Å²) < 4.78 is 0. The van der Waals surface area contributed by atoms with Gasteiger partial charge in [0.2, 0.25) is 5.91 Å². The molecule has 0 saturated carbocycles. The SMILES string of the molecule is CC(=O)NCCC(O)C(O)c1cc(C)ccc1C#N. The van der Waals surface area contributed by atoms with Crippen LogP contribution in [0.1, 0.15) is 36.1 Å². The van der Waals surface area contributed by atoms with Crippen LogP contribution >= 0.6 is 0 Å². The van der Waals surface area contributed by atoms with Crippen molar-refractivity contribution in [3.05, 3.63) is 34.9 Å². The summed E-state index contributed by atoms with van der Waals surface area (Å²) in [5, 5.41) is 31.5. The lowest BCUT2D eigenvalue weighted by Gasteiger charge is -2.19. The molecule has 2 unspecified atom stereocenters. The molecule has 0 fully saturated rings. The van der Waals surface area contributed by atoms with Crippen LogP contribution in [0.3, 0.4) is 0 Å². The fraction of sp³-hybridized carbons (Fsp3) is 0.429. The van der Waals surface area contributed by atoms with E-state index in [9.17, 15) is 15.0 Å². The Morgan fingerprint density at radius 3 is 2.74 bits per heavy atom. The predicted molar refractivity (Wildman–Crippen MR) is 70.2 cm³/mol. The summed E-state index contributed by atoms with van der Waals surface area (Å²) in [6.07, 6.45) is -1.94. The Labute approximate surface area is 112 Å². The van der Waals surface area contributed by atoms with Gasteiger partial charge in [-0.15, -0.1) is 0 Å². The zero-order valence-electron chi connectivity index (χ0n) is 11.1. The second kappa shape index (κ2) is 6.88. The Balaban J connectivity index is 2.76. The van der Waals surface area contributed by atoms with Crippen LogP contribution in [0.4, 0.5) is 0 Å². The number of carbonyl (C=O) groups excluding carboxylic acids is 1. The number of aliphatic hydroxyl groups excluding tert-OH is 2. The number of hydrogen-bond acceptors (Lipinski definition) is 4. The van der Waals surface area contributed by atoms with Crippen LogP contribution in [0.25, 0.3) is 0 Å². The van der Waals surface area contributed by atoms with Crippen LogP contribution in [0.2, 0.25) is 0 Å². The Kier molecular flexibility index (Phi) is 5.49. The molecule has 0 spiro atoms. The minimum atomic E-state index is -1.14. The van der Waals surface area contributed by atoms with Crippen molar-refractivity contribution in [3.63, 3.8) is 0 Å². The third-order valence-electron chi connectivity index (χ3n) is 2.82. The van der Waals surface area contributed by atoms with Crippen LogP contribution in [0.5, 0.6) is 0 Å². The first-order valence-corrected chi connectivity index (χ1v) is 6.07. The molecule has 0 saturated heterocycles. The quantitative estimate of drug-likeness (QED) is 0.731. The van der Waals surface area contributed by atoms with E-state index in [1.54, 1.807) is 18.2 Å². The number of rotatable bonds is 5. The van der Waals surface area contributed by atoms with Crippen molar-refractivity contribution in [3.8, 4) is 6.07 Å². The van der Waals surface area contributed by atoms with Gasteiger partial charge in [0.15, 0.2) is 0 Å². The molecule has 0 heterocycles. The third-order valence-corrected chi connectivity index (χ3v) is 2.82. The minimum absolute atomic E-state index is 0.185. The van der Waals surface area contributed by atoms with E-state index in [-0.39, 0.29) is 18.9 Å². The van der Waals surface area contributed by atoms with Crippen molar-refractivity contribution in [2.75, 3.05) is 6.54 Å². The third kappa shape index (κ3) is 4.36. The molecule has 1 amide bonds. The van der Waals surface area contributed by atoms with Gasteiger partial charge in [-0.25, -0.2) is 0 Å². The zero-order chi connectivity index (χ0) is 14.4. The maximum Gasteiger partial charge on any atom is 0.216 e. The number of benzene rings is 1. The molecule has 1 rings (SSSR count). The average molecular weight is 262 g/mol. The normalized spacial score (nSPS) is 13.4. The van der Waals surface area contributed by atoms with Crippen molar-refractivity contribution in [1.29, 1.82) is 5.26 Å². The van der Waals surface area contributed by atoms with Gasteiger partial charge in [-0.05, 0) is 19.4 Å². The highest BCUT2D eigenvalue weighted by atomic mass is 16.3. The summed E-state index contributed by atoms with van der Waals surface area (Å²) >= 11 is 0. The summed E-state index contributed by atoms with van der Waals surface area (Å²) in [5.74, 6) is -0.185. The predicted octanol–water partition coefficient (Wildman–Crippen LogP) is 0.787. The maximum atomic E-state index is 10.7. The van der Waals surface area contributed by atoms with Crippen molar-refractivity contribution < 1.29 is 15.0 Å². The Bertz CT molecular complexity index is 494. The highest BCUT2D eigenvalue weighted by Crippen LogP contribution is 2.23. The highest BCUT2D eigenvalue weighted by molar-refractivity contribution is 5.72. The van der Waals surface area contributed by atoms with E-state index in [0.717, 1.165) is 5.56 Å². The van der Waals surface area contributed by atoms with E-state index < -0.39 is 12.2 Å². The van der Waals surface area contributed by atoms with Crippen molar-refractivity contribution in [2.45, 2.75) is 32.5 Å². The summed E-state index contributed by atoms with van der Waals surface area (Å²) in [6, 6.07) is 7.07. The van der Waals surface area contributed by atoms with Crippen molar-refractivity contribution in [2.24, 2.45) is 0 Å². The van der Waals surface area contributed by atoms with E-state index in [0.29, 0.717) is 11.1 Å². The van der Waals surface area contributed by atoms with Gasteiger partial charge < -0.3 is 15.5 Å². The van der Waals surface area contributed by atoms with E-state index in [4.69, 9.17) is 5.26 Å². The van der Waals surface area contributed by atoms with E-state index in [1.807, 2.05) is 13.0 Å². The number of aryl methyl sites for hydroxylation is 1. The summed E-state index contributed by atoms with van der Waals surface area (Å²) in [5.41, 5.74) is 1.66. The molecule has 0 aromatic heterocycles. The zero-order valence-corrected chi connectivity index (χ0v) is 11.1. The Morgan fingerprint density at radius 1 is 1.47 bits per heavy atom. The molecule has 1 aromatic rings. The second-order valence-electron chi connectivity index (χ2n) is 4.49. The molecular weight excluding hydrogens is 244 g/mol. The molecule has 5 nitrogen and oxygen atoms in total. The lowest BCUT2D eigenvalue weighted by Crippen LogP contribution is -2.28. The number of hydrogen-bond donors (Lipinski definition) is 3.